The molecular formula is C23H24N2O2S. The van der Waals surface area contributed by atoms with E-state index in [4.69, 9.17) is 0 Å². The van der Waals surface area contributed by atoms with Crippen LogP contribution in [0.4, 0.5) is 0 Å². The van der Waals surface area contributed by atoms with Gasteiger partial charge in [-0.3, -0.25) is 14.9 Å². The van der Waals surface area contributed by atoms with Crippen LogP contribution in [0.3, 0.4) is 0 Å². The number of ketones is 1. The van der Waals surface area contributed by atoms with Gasteiger partial charge in [0.25, 0.3) is 0 Å². The molecular weight excluding hydrogens is 368 g/mol. The molecule has 0 saturated carbocycles. The molecule has 4 nitrogen and oxygen atoms in total. The summed E-state index contributed by atoms with van der Waals surface area (Å²) in [5, 5.41) is 8.23. The molecule has 0 aliphatic heterocycles. The van der Waals surface area contributed by atoms with Gasteiger partial charge in [0, 0.05) is 4.88 Å². The number of hydrogen-bond donors (Lipinski definition) is 2. The Morgan fingerprint density at radius 3 is 2.21 bits per heavy atom. The van der Waals surface area contributed by atoms with Crippen molar-refractivity contribution in [3.05, 3.63) is 94.2 Å². The fraction of sp³-hybridized carbons (Fsp3) is 0.217. The highest BCUT2D eigenvalue weighted by Gasteiger charge is 2.20. The fourth-order valence-electron chi connectivity index (χ4n) is 3.07. The smallest absolute Gasteiger partial charge is 0.234 e. The maximum atomic E-state index is 12.5. The second kappa shape index (κ2) is 9.97. The second-order valence-electron chi connectivity index (χ2n) is 6.66. The first-order valence-corrected chi connectivity index (χ1v) is 10.2. The van der Waals surface area contributed by atoms with Gasteiger partial charge in [0.15, 0.2) is 5.78 Å². The van der Waals surface area contributed by atoms with Crippen LogP contribution in [0.2, 0.25) is 0 Å². The van der Waals surface area contributed by atoms with Crippen LogP contribution < -0.4 is 10.6 Å². The van der Waals surface area contributed by atoms with E-state index in [0.29, 0.717) is 6.42 Å². The fourth-order valence-corrected chi connectivity index (χ4v) is 3.90. The van der Waals surface area contributed by atoms with Crippen LogP contribution in [0.1, 0.15) is 29.0 Å². The lowest BCUT2D eigenvalue weighted by Gasteiger charge is -2.20. The number of carbonyl (C=O) groups is 2. The number of carbonyl (C=O) groups excluding carboxylic acids is 2. The number of amides is 1. The molecule has 0 fully saturated rings. The summed E-state index contributed by atoms with van der Waals surface area (Å²) in [6.07, 6.45) is 0.495. The van der Waals surface area contributed by atoms with Gasteiger partial charge in [-0.1, -0.05) is 66.7 Å². The molecule has 144 valence electrons. The van der Waals surface area contributed by atoms with Crippen LogP contribution in [0.5, 0.6) is 0 Å². The predicted molar refractivity (Wildman–Crippen MR) is 113 cm³/mol. The molecule has 2 N–H and O–H groups in total. The monoisotopic (exact) mass is 392 g/mol. The van der Waals surface area contributed by atoms with Crippen LogP contribution in [0.15, 0.2) is 78.2 Å². The first-order valence-electron chi connectivity index (χ1n) is 9.29. The van der Waals surface area contributed by atoms with Gasteiger partial charge < -0.3 is 5.32 Å². The lowest BCUT2D eigenvalue weighted by Crippen LogP contribution is -2.45. The summed E-state index contributed by atoms with van der Waals surface area (Å²) >= 11 is 1.65. The van der Waals surface area contributed by atoms with Crippen LogP contribution in [-0.4, -0.2) is 24.3 Å². The van der Waals surface area contributed by atoms with Gasteiger partial charge in [-0.15, -0.1) is 11.3 Å². The third-order valence-corrected chi connectivity index (χ3v) is 5.47. The molecule has 0 unspecified atom stereocenters. The van der Waals surface area contributed by atoms with Crippen molar-refractivity contribution in [2.75, 3.05) is 6.54 Å². The molecule has 3 aromatic rings. The molecule has 2 aromatic carbocycles. The van der Waals surface area contributed by atoms with E-state index in [2.05, 4.69) is 16.7 Å². The Morgan fingerprint density at radius 2 is 1.61 bits per heavy atom. The van der Waals surface area contributed by atoms with E-state index in [0.717, 1.165) is 16.0 Å². The average Bonchev–Trinajstić information content (AvgIpc) is 3.24. The van der Waals surface area contributed by atoms with E-state index in [1.54, 1.807) is 11.3 Å². The van der Waals surface area contributed by atoms with Crippen molar-refractivity contribution < 1.29 is 9.59 Å². The maximum Gasteiger partial charge on any atom is 0.234 e. The summed E-state index contributed by atoms with van der Waals surface area (Å²) < 4.78 is 0. The topological polar surface area (TPSA) is 58.2 Å². The first-order chi connectivity index (χ1) is 13.6. The number of benzene rings is 2. The largest absolute Gasteiger partial charge is 0.345 e. The molecule has 0 bridgehead atoms. The summed E-state index contributed by atoms with van der Waals surface area (Å²) in [6.45, 7) is 1.65. The van der Waals surface area contributed by atoms with E-state index < -0.39 is 6.04 Å². The van der Waals surface area contributed by atoms with Crippen molar-refractivity contribution in [1.82, 2.24) is 10.6 Å². The Bertz CT molecular complexity index is 879. The van der Waals surface area contributed by atoms with E-state index in [1.807, 2.05) is 72.1 Å². The molecule has 5 heteroatoms. The number of nitrogens with one attached hydrogen (secondary N) is 2. The Kier molecular flexibility index (Phi) is 7.12. The van der Waals surface area contributed by atoms with Crippen LogP contribution >= 0.6 is 11.3 Å². The second-order valence-corrected chi connectivity index (χ2v) is 7.64. The number of rotatable bonds is 9. The van der Waals surface area contributed by atoms with Crippen molar-refractivity contribution in [3.63, 3.8) is 0 Å². The van der Waals surface area contributed by atoms with Crippen LogP contribution in [0, 0.1) is 0 Å². The summed E-state index contributed by atoms with van der Waals surface area (Å²) in [6, 6.07) is 23.2. The van der Waals surface area contributed by atoms with E-state index in [-0.39, 0.29) is 24.3 Å². The van der Waals surface area contributed by atoms with E-state index >= 15 is 0 Å². The van der Waals surface area contributed by atoms with Gasteiger partial charge in [-0.05, 0) is 35.9 Å². The van der Waals surface area contributed by atoms with E-state index in [9.17, 15) is 9.59 Å². The summed E-state index contributed by atoms with van der Waals surface area (Å²) in [7, 11) is 0. The molecule has 2 atom stereocenters. The standard InChI is InChI=1S/C23H24N2O2S/c1-17(26)20(15-18-9-4-2-5-10-18)25-22(27)16-24-23(21-13-8-14-28-21)19-11-6-3-7-12-19/h2-14,20,23-24H,15-16H2,1H3,(H,25,27)/t20-,23-/m0/s1. The average molecular weight is 393 g/mol. The molecule has 0 radical (unpaired) electrons. The minimum Gasteiger partial charge on any atom is -0.345 e. The van der Waals surface area contributed by atoms with Gasteiger partial charge >= 0.3 is 0 Å². The van der Waals surface area contributed by atoms with Gasteiger partial charge in [0.2, 0.25) is 5.91 Å². The third-order valence-electron chi connectivity index (χ3n) is 4.54. The predicted octanol–water partition coefficient (Wildman–Crippen LogP) is 3.74. The number of thiophene rings is 1. The third kappa shape index (κ3) is 5.62. The Morgan fingerprint density at radius 1 is 0.929 bits per heavy atom. The Hall–Kier alpha value is -2.76. The number of Topliss-reactive ketones (excluding diaryl/α,β-unsaturated/α-hetero) is 1. The zero-order valence-electron chi connectivity index (χ0n) is 15.8. The molecule has 0 spiro atoms. The Balaban J connectivity index is 1.63. The van der Waals surface area contributed by atoms with Gasteiger partial charge in [0.1, 0.15) is 0 Å². The van der Waals surface area contributed by atoms with Crippen molar-refractivity contribution in [3.8, 4) is 0 Å². The van der Waals surface area contributed by atoms with Crippen LogP contribution in [-0.2, 0) is 16.0 Å². The lowest BCUT2D eigenvalue weighted by atomic mass is 10.0. The maximum absolute atomic E-state index is 12.5. The molecule has 0 aliphatic carbocycles. The summed E-state index contributed by atoms with van der Waals surface area (Å²) in [5.74, 6) is -0.233. The quantitative estimate of drug-likeness (QED) is 0.583. The summed E-state index contributed by atoms with van der Waals surface area (Å²) in [4.78, 5) is 25.7. The van der Waals surface area contributed by atoms with Gasteiger partial charge in [-0.2, -0.15) is 0 Å². The van der Waals surface area contributed by atoms with E-state index in [1.165, 1.54) is 6.92 Å². The van der Waals surface area contributed by atoms with Crippen molar-refractivity contribution in [1.29, 1.82) is 0 Å². The SMILES string of the molecule is CC(=O)[C@H](Cc1ccccc1)NC(=O)CN[C@@H](c1ccccc1)c1cccs1. The zero-order chi connectivity index (χ0) is 19.8. The molecule has 1 amide bonds. The van der Waals surface area contributed by atoms with Gasteiger partial charge in [0.05, 0.1) is 18.6 Å². The van der Waals surface area contributed by atoms with Crippen molar-refractivity contribution in [2.24, 2.45) is 0 Å². The minimum absolute atomic E-state index is 0.0462. The molecule has 28 heavy (non-hydrogen) atoms. The molecule has 1 aromatic heterocycles. The van der Waals surface area contributed by atoms with Crippen molar-refractivity contribution >= 4 is 23.0 Å². The highest BCUT2D eigenvalue weighted by Crippen LogP contribution is 2.25. The van der Waals surface area contributed by atoms with Crippen molar-refractivity contribution in [2.45, 2.75) is 25.4 Å². The number of hydrogen-bond acceptors (Lipinski definition) is 4. The Labute approximate surface area is 169 Å². The summed E-state index contributed by atoms with van der Waals surface area (Å²) in [5.41, 5.74) is 2.13. The first kappa shape index (κ1) is 20.0. The van der Waals surface area contributed by atoms with Gasteiger partial charge in [-0.25, -0.2) is 0 Å². The lowest BCUT2D eigenvalue weighted by molar-refractivity contribution is -0.126. The zero-order valence-corrected chi connectivity index (χ0v) is 16.6. The molecule has 0 saturated heterocycles. The minimum atomic E-state index is -0.520. The highest BCUT2D eigenvalue weighted by molar-refractivity contribution is 7.10. The molecule has 0 aliphatic rings. The highest BCUT2D eigenvalue weighted by atomic mass is 32.1. The van der Waals surface area contributed by atoms with Crippen LogP contribution in [0.25, 0.3) is 0 Å². The molecule has 1 heterocycles. The normalized spacial score (nSPS) is 12.9. The molecule has 3 rings (SSSR count).